The lowest BCUT2D eigenvalue weighted by molar-refractivity contribution is -0.117. The number of hydrogen-bond donors (Lipinski definition) is 1. The van der Waals surface area contributed by atoms with Crippen LogP contribution in [0.15, 0.2) is 40.9 Å². The third-order valence-electron chi connectivity index (χ3n) is 3.82. The predicted octanol–water partition coefficient (Wildman–Crippen LogP) is 3.60. The van der Waals surface area contributed by atoms with E-state index in [4.69, 9.17) is 21.8 Å². The topological polar surface area (TPSA) is 99.1 Å². The minimum Gasteiger partial charge on any atom is -0.435 e. The fourth-order valence-corrected chi connectivity index (χ4v) is 2.80. The highest BCUT2D eigenvalue weighted by molar-refractivity contribution is 6.33. The molecule has 0 saturated heterocycles. The summed E-state index contributed by atoms with van der Waals surface area (Å²) >= 11 is 6.24. The van der Waals surface area contributed by atoms with E-state index < -0.39 is 5.91 Å². The lowest BCUT2D eigenvalue weighted by Crippen LogP contribution is -2.14. The van der Waals surface area contributed by atoms with E-state index in [1.54, 1.807) is 36.5 Å². The molecule has 1 aromatic carbocycles. The Kier molecular flexibility index (Phi) is 4.86. The Morgan fingerprint density at radius 3 is 2.62 bits per heavy atom. The molecule has 7 heteroatoms. The number of halogens is 1. The summed E-state index contributed by atoms with van der Waals surface area (Å²) in [6, 6.07) is 8.75. The van der Waals surface area contributed by atoms with Crippen molar-refractivity contribution in [2.45, 2.75) is 20.3 Å². The van der Waals surface area contributed by atoms with Gasteiger partial charge in [-0.05, 0) is 30.7 Å². The van der Waals surface area contributed by atoms with Gasteiger partial charge in [0, 0.05) is 24.2 Å². The zero-order chi connectivity index (χ0) is 18.8. The smallest absolute Gasteiger partial charge is 0.227 e. The molecule has 0 radical (unpaired) electrons. The van der Waals surface area contributed by atoms with Gasteiger partial charge in [0.25, 0.3) is 0 Å². The molecule has 0 saturated carbocycles. The molecule has 0 bridgehead atoms. The van der Waals surface area contributed by atoms with Crippen molar-refractivity contribution >= 4 is 23.3 Å². The average Bonchev–Trinajstić information content (AvgIpc) is 3.01. The zero-order valence-electron chi connectivity index (χ0n) is 14.2. The van der Waals surface area contributed by atoms with E-state index in [0.717, 1.165) is 5.56 Å². The number of pyridine rings is 1. The van der Waals surface area contributed by atoms with Crippen LogP contribution in [0.1, 0.15) is 28.7 Å². The number of hydrogen-bond acceptors (Lipinski definition) is 5. The van der Waals surface area contributed by atoms with E-state index in [1.807, 2.05) is 6.92 Å². The van der Waals surface area contributed by atoms with Gasteiger partial charge in [-0.1, -0.05) is 23.7 Å². The maximum atomic E-state index is 12.1. The first-order chi connectivity index (χ1) is 12.4. The molecule has 132 valence electrons. The zero-order valence-corrected chi connectivity index (χ0v) is 15.0. The summed E-state index contributed by atoms with van der Waals surface area (Å²) in [7, 11) is 0. The minimum absolute atomic E-state index is 0.00489. The highest BCUT2D eigenvalue weighted by Crippen LogP contribution is 2.35. The van der Waals surface area contributed by atoms with E-state index in [2.05, 4.69) is 9.97 Å². The predicted molar refractivity (Wildman–Crippen MR) is 97.8 cm³/mol. The number of nitrogens with zero attached hydrogens (tertiary/aromatic N) is 2. The SMILES string of the molecule is CC(=O)c1nc(-c2cc(CC(N)=O)ncc2C)oc1-c1ccccc1Cl. The third-order valence-corrected chi connectivity index (χ3v) is 4.15. The monoisotopic (exact) mass is 369 g/mol. The van der Waals surface area contributed by atoms with Crippen LogP contribution in [0.3, 0.4) is 0 Å². The molecule has 6 nitrogen and oxygen atoms in total. The first-order valence-corrected chi connectivity index (χ1v) is 8.25. The summed E-state index contributed by atoms with van der Waals surface area (Å²) in [5.41, 5.74) is 7.94. The number of rotatable bonds is 5. The number of amides is 1. The Hall–Kier alpha value is -2.99. The van der Waals surface area contributed by atoms with Gasteiger partial charge in [0.2, 0.25) is 11.8 Å². The van der Waals surface area contributed by atoms with Gasteiger partial charge < -0.3 is 10.2 Å². The largest absolute Gasteiger partial charge is 0.435 e. The molecule has 3 rings (SSSR count). The number of benzene rings is 1. The first kappa shape index (κ1) is 17.8. The number of primary amides is 1. The Labute approximate surface area is 155 Å². The number of carbonyl (C=O) groups is 2. The molecule has 0 spiro atoms. The molecular formula is C19H16ClN3O3. The van der Waals surface area contributed by atoms with Gasteiger partial charge in [0.15, 0.2) is 17.2 Å². The molecule has 3 aromatic rings. The maximum absolute atomic E-state index is 12.1. The van der Waals surface area contributed by atoms with Crippen LogP contribution < -0.4 is 5.73 Å². The lowest BCUT2D eigenvalue weighted by atomic mass is 10.1. The molecule has 0 aliphatic carbocycles. The second kappa shape index (κ2) is 7.09. The van der Waals surface area contributed by atoms with Crippen LogP contribution in [0, 0.1) is 6.92 Å². The second-order valence-corrected chi connectivity index (χ2v) is 6.27. The van der Waals surface area contributed by atoms with Gasteiger partial charge >= 0.3 is 0 Å². The molecule has 0 atom stereocenters. The Bertz CT molecular complexity index is 1010. The fraction of sp³-hybridized carbons (Fsp3) is 0.158. The highest BCUT2D eigenvalue weighted by Gasteiger charge is 2.22. The molecule has 0 fully saturated rings. The van der Waals surface area contributed by atoms with Gasteiger partial charge in [0.1, 0.15) is 0 Å². The minimum atomic E-state index is -0.485. The van der Waals surface area contributed by atoms with Crippen molar-refractivity contribution in [1.82, 2.24) is 9.97 Å². The first-order valence-electron chi connectivity index (χ1n) is 7.87. The van der Waals surface area contributed by atoms with E-state index in [9.17, 15) is 9.59 Å². The number of aromatic nitrogens is 2. The Balaban J connectivity index is 2.16. The maximum Gasteiger partial charge on any atom is 0.227 e. The normalized spacial score (nSPS) is 10.7. The third kappa shape index (κ3) is 3.50. The standard InChI is InChI=1S/C19H16ClN3O3/c1-10-9-22-12(8-16(21)25)7-14(10)19-23-17(11(2)24)18(26-19)13-5-3-4-6-15(13)20/h3-7,9H,8H2,1-2H3,(H2,21,25). The molecule has 2 N–H and O–H groups in total. The van der Waals surface area contributed by atoms with Crippen LogP contribution in [0.4, 0.5) is 0 Å². The van der Waals surface area contributed by atoms with Gasteiger partial charge in [0.05, 0.1) is 17.1 Å². The van der Waals surface area contributed by atoms with Crippen molar-refractivity contribution in [3.63, 3.8) is 0 Å². The molecule has 26 heavy (non-hydrogen) atoms. The van der Waals surface area contributed by atoms with E-state index >= 15 is 0 Å². The molecule has 0 unspecified atom stereocenters. The van der Waals surface area contributed by atoms with Crippen LogP contribution >= 0.6 is 11.6 Å². The van der Waals surface area contributed by atoms with Gasteiger partial charge in [-0.25, -0.2) is 4.98 Å². The fourth-order valence-electron chi connectivity index (χ4n) is 2.57. The van der Waals surface area contributed by atoms with Crippen molar-refractivity contribution in [2.24, 2.45) is 5.73 Å². The summed E-state index contributed by atoms with van der Waals surface area (Å²) in [6.45, 7) is 3.25. The molecule has 2 aromatic heterocycles. The molecule has 0 aliphatic heterocycles. The number of carbonyl (C=O) groups excluding carboxylic acids is 2. The Morgan fingerprint density at radius 1 is 1.23 bits per heavy atom. The van der Waals surface area contributed by atoms with Crippen LogP contribution in [-0.4, -0.2) is 21.7 Å². The van der Waals surface area contributed by atoms with Crippen molar-refractivity contribution in [3.8, 4) is 22.8 Å². The summed E-state index contributed by atoms with van der Waals surface area (Å²) in [5, 5.41) is 0.457. The quantitative estimate of drug-likeness (QED) is 0.693. The Morgan fingerprint density at radius 2 is 1.96 bits per heavy atom. The molecule has 2 heterocycles. The van der Waals surface area contributed by atoms with E-state index in [-0.39, 0.29) is 23.8 Å². The summed E-state index contributed by atoms with van der Waals surface area (Å²) in [6.07, 6.45) is 1.62. The van der Waals surface area contributed by atoms with E-state index in [1.165, 1.54) is 6.92 Å². The van der Waals surface area contributed by atoms with Crippen molar-refractivity contribution in [2.75, 3.05) is 0 Å². The highest BCUT2D eigenvalue weighted by atomic mass is 35.5. The molecule has 0 aliphatic rings. The number of nitrogens with two attached hydrogens (primary N) is 1. The number of oxazole rings is 1. The van der Waals surface area contributed by atoms with Gasteiger partial charge in [-0.2, -0.15) is 0 Å². The summed E-state index contributed by atoms with van der Waals surface area (Å²) in [4.78, 5) is 31.8. The van der Waals surface area contributed by atoms with Gasteiger partial charge in [-0.3, -0.25) is 14.6 Å². The molecular weight excluding hydrogens is 354 g/mol. The molecule has 1 amide bonds. The van der Waals surface area contributed by atoms with Gasteiger partial charge in [-0.15, -0.1) is 0 Å². The van der Waals surface area contributed by atoms with Crippen molar-refractivity contribution in [1.29, 1.82) is 0 Å². The summed E-state index contributed by atoms with van der Waals surface area (Å²) in [5.74, 6) is -0.151. The summed E-state index contributed by atoms with van der Waals surface area (Å²) < 4.78 is 5.91. The number of Topliss-reactive ketones (excluding diaryl/α,β-unsaturated/α-hetero) is 1. The average molecular weight is 370 g/mol. The van der Waals surface area contributed by atoms with Crippen LogP contribution in [-0.2, 0) is 11.2 Å². The number of aryl methyl sites for hydroxylation is 1. The van der Waals surface area contributed by atoms with Crippen molar-refractivity contribution in [3.05, 3.63) is 58.5 Å². The van der Waals surface area contributed by atoms with Crippen LogP contribution in [0.5, 0.6) is 0 Å². The number of ketones is 1. The van der Waals surface area contributed by atoms with E-state index in [0.29, 0.717) is 27.6 Å². The van der Waals surface area contributed by atoms with Crippen LogP contribution in [0.2, 0.25) is 5.02 Å². The van der Waals surface area contributed by atoms with Crippen molar-refractivity contribution < 1.29 is 14.0 Å². The second-order valence-electron chi connectivity index (χ2n) is 5.87. The lowest BCUT2D eigenvalue weighted by Gasteiger charge is -2.04. The van der Waals surface area contributed by atoms with Crippen LogP contribution in [0.25, 0.3) is 22.8 Å².